The normalized spacial score (nSPS) is 12.8. The number of phenols is 4. The van der Waals surface area contributed by atoms with E-state index in [0.717, 1.165) is 0 Å². The second-order valence-corrected chi connectivity index (χ2v) is 8.12. The smallest absolute Gasteiger partial charge is 0.198 e. The summed E-state index contributed by atoms with van der Waals surface area (Å²) < 4.78 is 0. The number of hydrogen-bond acceptors (Lipinski definition) is 8. The Morgan fingerprint density at radius 3 is 1.00 bits per heavy atom. The number of rotatable bonds is 0. The van der Waals surface area contributed by atoms with Crippen molar-refractivity contribution >= 4 is 23.1 Å². The number of carbonyl (C=O) groups excluding carboxylic acids is 4. The summed E-state index contributed by atoms with van der Waals surface area (Å²) in [5.41, 5.74) is 1.12. The fourth-order valence-corrected chi connectivity index (χ4v) is 4.32. The molecule has 0 fully saturated rings. The number of phenolic OH excluding ortho intramolecular Hbond substituents is 4. The Kier molecular flexibility index (Phi) is 6.44. The molecule has 0 atom stereocenters. The first-order chi connectivity index (χ1) is 17.2. The first-order valence-electron chi connectivity index (χ1n) is 10.7. The van der Waals surface area contributed by atoms with Gasteiger partial charge in [-0.1, -0.05) is 48.5 Å². The van der Waals surface area contributed by atoms with Gasteiger partial charge >= 0.3 is 0 Å². The van der Waals surface area contributed by atoms with Crippen molar-refractivity contribution < 1.29 is 56.7 Å². The summed E-state index contributed by atoms with van der Waals surface area (Å²) in [4.78, 5) is 48.8. The van der Waals surface area contributed by atoms with Crippen molar-refractivity contribution in [2.24, 2.45) is 0 Å². The van der Waals surface area contributed by atoms with Crippen LogP contribution in [0.1, 0.15) is 63.7 Å². The topological polar surface area (TPSA) is 149 Å². The van der Waals surface area contributed by atoms with Crippen LogP contribution in [0, 0.1) is 0 Å². The van der Waals surface area contributed by atoms with Gasteiger partial charge in [0.25, 0.3) is 0 Å². The summed E-state index contributed by atoms with van der Waals surface area (Å²) >= 11 is 0. The Hall–Kier alpha value is -4.72. The molecule has 4 aromatic carbocycles. The van der Waals surface area contributed by atoms with Gasteiger partial charge in [-0.3, -0.25) is 19.2 Å². The maximum absolute atomic E-state index is 12.2. The zero-order chi connectivity index (χ0) is 25.7. The van der Waals surface area contributed by atoms with Crippen LogP contribution in [-0.2, 0) is 17.1 Å². The van der Waals surface area contributed by atoms with Crippen LogP contribution in [0.3, 0.4) is 0 Å². The summed E-state index contributed by atoms with van der Waals surface area (Å²) in [6.45, 7) is 0. The predicted molar refractivity (Wildman–Crippen MR) is 126 cm³/mol. The van der Waals surface area contributed by atoms with Gasteiger partial charge in [-0.05, 0) is 24.3 Å². The van der Waals surface area contributed by atoms with Gasteiger partial charge in [0.15, 0.2) is 46.1 Å². The Labute approximate surface area is 219 Å². The van der Waals surface area contributed by atoms with Gasteiger partial charge in [-0.2, -0.15) is 0 Å². The molecule has 184 valence electrons. The number of aromatic hydroxyl groups is 4. The van der Waals surface area contributed by atoms with E-state index in [2.05, 4.69) is 0 Å². The van der Waals surface area contributed by atoms with E-state index in [0.29, 0.717) is 11.1 Å². The molecule has 0 aliphatic heterocycles. The molecule has 37 heavy (non-hydrogen) atoms. The van der Waals surface area contributed by atoms with Gasteiger partial charge in [-0.15, -0.1) is 0 Å². The van der Waals surface area contributed by atoms with Crippen molar-refractivity contribution in [1.82, 2.24) is 0 Å². The minimum Gasteiger partial charge on any atom is -0.504 e. The van der Waals surface area contributed by atoms with Crippen molar-refractivity contribution in [3.63, 3.8) is 0 Å². The zero-order valence-corrected chi connectivity index (χ0v) is 19.8. The van der Waals surface area contributed by atoms with Gasteiger partial charge in [0.05, 0.1) is 11.1 Å². The third-order valence-electron chi connectivity index (χ3n) is 6.09. The molecule has 4 N–H and O–H groups in total. The largest absolute Gasteiger partial charge is 0.504 e. The van der Waals surface area contributed by atoms with Crippen molar-refractivity contribution in [3.05, 3.63) is 117 Å². The van der Waals surface area contributed by atoms with Gasteiger partial charge in [-0.25, -0.2) is 0 Å². The molecule has 0 heterocycles. The standard InChI is InChI=1S/2C14H8O4.Fe/c2*15-10-6-5-9-11(14(10)18)13(17)8-4-2-1-3-7(8)12(9)16;/h2*1-6,15,18H;. The van der Waals surface area contributed by atoms with Gasteiger partial charge in [0, 0.05) is 50.4 Å². The Morgan fingerprint density at radius 1 is 0.378 bits per heavy atom. The van der Waals surface area contributed by atoms with E-state index in [4.69, 9.17) is 0 Å². The number of benzene rings is 4. The Bertz CT molecular complexity index is 1530. The second kappa shape index (κ2) is 9.38. The van der Waals surface area contributed by atoms with Crippen LogP contribution in [-0.4, -0.2) is 43.6 Å². The molecule has 0 aromatic heterocycles. The molecule has 2 aliphatic carbocycles. The van der Waals surface area contributed by atoms with Crippen molar-refractivity contribution in [3.8, 4) is 23.0 Å². The summed E-state index contributed by atoms with van der Waals surface area (Å²) in [7, 11) is 0. The minimum atomic E-state index is -0.541. The number of hydrogen-bond donors (Lipinski definition) is 4. The van der Waals surface area contributed by atoms with Gasteiger partial charge in [0.1, 0.15) is 0 Å². The molecule has 9 heteroatoms. The van der Waals surface area contributed by atoms with Crippen LogP contribution in [0.4, 0.5) is 0 Å². The van der Waals surface area contributed by atoms with E-state index in [-0.39, 0.29) is 62.0 Å². The third kappa shape index (κ3) is 3.87. The van der Waals surface area contributed by atoms with Gasteiger partial charge in [0.2, 0.25) is 0 Å². The van der Waals surface area contributed by atoms with E-state index < -0.39 is 34.6 Å². The van der Waals surface area contributed by atoms with Crippen LogP contribution < -0.4 is 0 Å². The van der Waals surface area contributed by atoms with Crippen molar-refractivity contribution in [1.29, 1.82) is 0 Å². The maximum Gasteiger partial charge on any atom is 0.198 e. The average Bonchev–Trinajstić information content (AvgIpc) is 2.89. The summed E-state index contributed by atoms with van der Waals surface area (Å²) in [6.07, 6.45) is 0. The number of carbonyl (C=O) groups is 4. The fourth-order valence-electron chi connectivity index (χ4n) is 4.32. The van der Waals surface area contributed by atoms with Crippen molar-refractivity contribution in [2.75, 3.05) is 0 Å². The van der Waals surface area contributed by atoms with E-state index >= 15 is 0 Å². The molecule has 0 saturated carbocycles. The Balaban J connectivity index is 0.000000168. The zero-order valence-electron chi connectivity index (χ0n) is 18.7. The average molecular weight is 536 g/mol. The van der Waals surface area contributed by atoms with Crippen LogP contribution in [0.2, 0.25) is 0 Å². The third-order valence-corrected chi connectivity index (χ3v) is 6.09. The van der Waals surface area contributed by atoms with Crippen LogP contribution in [0.25, 0.3) is 0 Å². The Morgan fingerprint density at radius 2 is 0.676 bits per heavy atom. The second-order valence-electron chi connectivity index (χ2n) is 8.12. The maximum atomic E-state index is 12.2. The first kappa shape index (κ1) is 25.4. The van der Waals surface area contributed by atoms with E-state index in [1.807, 2.05) is 0 Å². The fraction of sp³-hybridized carbons (Fsp3) is 0. The molecule has 0 spiro atoms. The van der Waals surface area contributed by atoms with E-state index in [1.165, 1.54) is 36.4 Å². The van der Waals surface area contributed by atoms with E-state index in [1.54, 1.807) is 36.4 Å². The minimum absolute atomic E-state index is 0. The molecular formula is C28H16FeO8. The van der Waals surface area contributed by atoms with Crippen LogP contribution in [0.15, 0.2) is 72.8 Å². The van der Waals surface area contributed by atoms with Crippen LogP contribution >= 0.6 is 0 Å². The van der Waals surface area contributed by atoms with Crippen molar-refractivity contribution in [2.45, 2.75) is 0 Å². The molecule has 2 aliphatic rings. The SMILES string of the molecule is O=C1c2ccccc2C(=O)c2c1ccc(O)c2O.O=C1c2ccccc2C(=O)c2c1ccc(O)c2O.[Fe]. The molecule has 0 radical (unpaired) electrons. The first-order valence-corrected chi connectivity index (χ1v) is 10.7. The van der Waals surface area contributed by atoms with Crippen LogP contribution in [0.5, 0.6) is 23.0 Å². The molecular weight excluding hydrogens is 520 g/mol. The predicted octanol–water partition coefficient (Wildman–Crippen LogP) is 3.74. The quantitative estimate of drug-likeness (QED) is 0.170. The van der Waals surface area contributed by atoms with E-state index in [9.17, 15) is 39.6 Å². The molecule has 6 rings (SSSR count). The summed E-state index contributed by atoms with van der Waals surface area (Å²) in [5.74, 6) is -3.45. The number of ketones is 4. The molecule has 0 unspecified atom stereocenters. The monoisotopic (exact) mass is 536 g/mol. The number of fused-ring (bicyclic) bond motifs is 4. The van der Waals surface area contributed by atoms with Gasteiger partial charge < -0.3 is 20.4 Å². The molecule has 0 saturated heterocycles. The molecule has 0 amide bonds. The molecule has 0 bridgehead atoms. The molecule has 4 aromatic rings. The summed E-state index contributed by atoms with van der Waals surface area (Å²) in [6, 6.07) is 17.9. The molecule has 8 nitrogen and oxygen atoms in total. The summed E-state index contributed by atoms with van der Waals surface area (Å²) in [5, 5.41) is 38.3.